The molecule has 1 fully saturated rings. The molecule has 0 bridgehead atoms. The fourth-order valence-corrected chi connectivity index (χ4v) is 2.28. The lowest BCUT2D eigenvalue weighted by Gasteiger charge is -2.13. The number of carbonyl (C=O) groups excluding carboxylic acids is 1. The number of amides is 1. The molecule has 1 amide bonds. The van der Waals surface area contributed by atoms with Crippen LogP contribution in [0.5, 0.6) is 0 Å². The molecule has 82 valence electrons. The number of hydrogen-bond acceptors (Lipinski definition) is 4. The molecule has 1 aliphatic heterocycles. The number of rotatable bonds is 5. The molecule has 0 spiro atoms. The third-order valence-electron chi connectivity index (χ3n) is 2.17. The number of hydrogen-bond donors (Lipinski definition) is 3. The van der Waals surface area contributed by atoms with Gasteiger partial charge in [0.25, 0.3) is 0 Å². The van der Waals surface area contributed by atoms with Crippen LogP contribution < -0.4 is 10.6 Å². The molecule has 1 aliphatic rings. The molecule has 2 atom stereocenters. The van der Waals surface area contributed by atoms with Crippen molar-refractivity contribution < 1.29 is 9.90 Å². The predicted molar refractivity (Wildman–Crippen MR) is 58.2 cm³/mol. The van der Waals surface area contributed by atoms with E-state index in [1.54, 1.807) is 11.8 Å². The standard InChI is InChI=1S/C9H18N2O2S/c1-2-3-7(12)4-10-9(13)8-5-14-6-11-8/h7-8,11-12H,2-6H2,1H3,(H,10,13)/t7?,8-/m1/s1. The van der Waals surface area contributed by atoms with Gasteiger partial charge in [0.15, 0.2) is 0 Å². The fourth-order valence-electron chi connectivity index (χ4n) is 1.34. The van der Waals surface area contributed by atoms with Gasteiger partial charge in [-0.3, -0.25) is 10.1 Å². The van der Waals surface area contributed by atoms with E-state index in [4.69, 9.17) is 0 Å². The van der Waals surface area contributed by atoms with E-state index in [1.807, 2.05) is 6.92 Å². The van der Waals surface area contributed by atoms with Crippen LogP contribution >= 0.6 is 11.8 Å². The van der Waals surface area contributed by atoms with Gasteiger partial charge in [0.2, 0.25) is 5.91 Å². The maximum atomic E-state index is 11.5. The summed E-state index contributed by atoms with van der Waals surface area (Å²) in [5.74, 6) is 1.68. The highest BCUT2D eigenvalue weighted by molar-refractivity contribution is 7.99. The third-order valence-corrected chi connectivity index (χ3v) is 3.11. The number of thioether (sulfide) groups is 1. The SMILES string of the molecule is CCCC(O)CNC(=O)[C@H]1CSCN1. The molecule has 0 radical (unpaired) electrons. The van der Waals surface area contributed by atoms with E-state index in [0.29, 0.717) is 6.54 Å². The quantitative estimate of drug-likeness (QED) is 0.604. The molecule has 0 aromatic rings. The lowest BCUT2D eigenvalue weighted by atomic mass is 10.2. The van der Waals surface area contributed by atoms with Gasteiger partial charge >= 0.3 is 0 Å². The van der Waals surface area contributed by atoms with Crippen LogP contribution in [0.2, 0.25) is 0 Å². The number of nitrogens with one attached hydrogen (secondary N) is 2. The largest absolute Gasteiger partial charge is 0.391 e. The van der Waals surface area contributed by atoms with Crippen LogP contribution in [0, 0.1) is 0 Å². The first-order chi connectivity index (χ1) is 6.74. The van der Waals surface area contributed by atoms with Gasteiger partial charge in [-0.1, -0.05) is 13.3 Å². The number of carbonyl (C=O) groups is 1. The first-order valence-corrected chi connectivity index (χ1v) is 6.16. The zero-order valence-corrected chi connectivity index (χ0v) is 9.27. The van der Waals surface area contributed by atoms with Gasteiger partial charge < -0.3 is 10.4 Å². The van der Waals surface area contributed by atoms with Crippen molar-refractivity contribution in [1.82, 2.24) is 10.6 Å². The first kappa shape index (κ1) is 11.8. The lowest BCUT2D eigenvalue weighted by molar-refractivity contribution is -0.122. The summed E-state index contributed by atoms with van der Waals surface area (Å²) < 4.78 is 0. The average molecular weight is 218 g/mol. The second-order valence-corrected chi connectivity index (χ2v) is 4.49. The van der Waals surface area contributed by atoms with Crippen LogP contribution in [0.4, 0.5) is 0 Å². The van der Waals surface area contributed by atoms with Gasteiger partial charge in [-0.25, -0.2) is 0 Å². The molecular formula is C9H18N2O2S. The van der Waals surface area contributed by atoms with Crippen LogP contribution in [-0.2, 0) is 4.79 Å². The van der Waals surface area contributed by atoms with Gasteiger partial charge in [-0.05, 0) is 6.42 Å². The van der Waals surface area contributed by atoms with Crippen molar-refractivity contribution in [3.05, 3.63) is 0 Å². The Morgan fingerprint density at radius 1 is 1.79 bits per heavy atom. The normalized spacial score (nSPS) is 23.4. The van der Waals surface area contributed by atoms with Crippen LogP contribution in [-0.4, -0.2) is 41.3 Å². The zero-order valence-electron chi connectivity index (χ0n) is 8.45. The molecule has 0 aliphatic carbocycles. The van der Waals surface area contributed by atoms with Crippen molar-refractivity contribution in [2.45, 2.75) is 31.9 Å². The molecule has 1 saturated heterocycles. The first-order valence-electron chi connectivity index (χ1n) is 5.01. The fraction of sp³-hybridized carbons (Fsp3) is 0.889. The topological polar surface area (TPSA) is 61.4 Å². The van der Waals surface area contributed by atoms with E-state index < -0.39 is 6.10 Å². The summed E-state index contributed by atoms with van der Waals surface area (Å²) >= 11 is 1.72. The van der Waals surface area contributed by atoms with Crippen LogP contribution in [0.15, 0.2) is 0 Å². The van der Waals surface area contributed by atoms with Crippen molar-refractivity contribution in [3.63, 3.8) is 0 Å². The van der Waals surface area contributed by atoms with E-state index >= 15 is 0 Å². The molecule has 0 aromatic heterocycles. The zero-order chi connectivity index (χ0) is 10.4. The van der Waals surface area contributed by atoms with Gasteiger partial charge in [0.1, 0.15) is 0 Å². The second-order valence-electron chi connectivity index (χ2n) is 3.46. The molecule has 5 heteroatoms. The van der Waals surface area contributed by atoms with Crippen LogP contribution in [0.3, 0.4) is 0 Å². The van der Waals surface area contributed by atoms with Crippen LogP contribution in [0.1, 0.15) is 19.8 Å². The Balaban J connectivity index is 2.13. The molecule has 14 heavy (non-hydrogen) atoms. The summed E-state index contributed by atoms with van der Waals surface area (Å²) in [6.45, 7) is 2.38. The van der Waals surface area contributed by atoms with Crippen LogP contribution in [0.25, 0.3) is 0 Å². The summed E-state index contributed by atoms with van der Waals surface area (Å²) in [6, 6.07) is -0.0752. The summed E-state index contributed by atoms with van der Waals surface area (Å²) in [5.41, 5.74) is 0. The summed E-state index contributed by atoms with van der Waals surface area (Å²) in [4.78, 5) is 11.5. The van der Waals surface area contributed by atoms with Gasteiger partial charge in [-0.15, -0.1) is 11.8 Å². The lowest BCUT2D eigenvalue weighted by Crippen LogP contribution is -2.44. The minimum atomic E-state index is -0.405. The highest BCUT2D eigenvalue weighted by atomic mass is 32.2. The van der Waals surface area contributed by atoms with E-state index in [-0.39, 0.29) is 11.9 Å². The minimum absolute atomic E-state index is 0.00477. The minimum Gasteiger partial charge on any atom is -0.391 e. The van der Waals surface area contributed by atoms with E-state index in [9.17, 15) is 9.90 Å². The summed E-state index contributed by atoms with van der Waals surface area (Å²) in [7, 11) is 0. The molecule has 4 nitrogen and oxygen atoms in total. The molecule has 1 heterocycles. The molecule has 1 rings (SSSR count). The molecule has 1 unspecified atom stereocenters. The smallest absolute Gasteiger partial charge is 0.238 e. The second kappa shape index (κ2) is 6.27. The number of aliphatic hydroxyl groups is 1. The Labute approximate surface area is 88.8 Å². The van der Waals surface area contributed by atoms with Crippen molar-refractivity contribution in [1.29, 1.82) is 0 Å². The van der Waals surface area contributed by atoms with Gasteiger partial charge in [-0.2, -0.15) is 0 Å². The van der Waals surface area contributed by atoms with E-state index in [0.717, 1.165) is 24.5 Å². The highest BCUT2D eigenvalue weighted by Gasteiger charge is 2.22. The summed E-state index contributed by atoms with van der Waals surface area (Å²) in [6.07, 6.45) is 1.28. The van der Waals surface area contributed by atoms with E-state index in [1.165, 1.54) is 0 Å². The molecular weight excluding hydrogens is 200 g/mol. The Kier molecular flexibility index (Phi) is 5.29. The third kappa shape index (κ3) is 3.86. The van der Waals surface area contributed by atoms with Crippen molar-refractivity contribution in [2.24, 2.45) is 0 Å². The van der Waals surface area contributed by atoms with E-state index in [2.05, 4.69) is 10.6 Å². The molecule has 3 N–H and O–H groups in total. The van der Waals surface area contributed by atoms with Crippen molar-refractivity contribution in [2.75, 3.05) is 18.2 Å². The average Bonchev–Trinajstić information content (AvgIpc) is 2.67. The number of aliphatic hydroxyl groups excluding tert-OH is 1. The predicted octanol–water partition coefficient (Wildman–Crippen LogP) is -0.0739. The highest BCUT2D eigenvalue weighted by Crippen LogP contribution is 2.09. The Hall–Kier alpha value is -0.260. The Morgan fingerprint density at radius 3 is 3.14 bits per heavy atom. The molecule has 0 aromatic carbocycles. The Bertz CT molecular complexity index is 184. The maximum absolute atomic E-state index is 11.5. The monoisotopic (exact) mass is 218 g/mol. The maximum Gasteiger partial charge on any atom is 0.238 e. The van der Waals surface area contributed by atoms with Crippen molar-refractivity contribution in [3.8, 4) is 0 Å². The Morgan fingerprint density at radius 2 is 2.57 bits per heavy atom. The summed E-state index contributed by atoms with van der Waals surface area (Å²) in [5, 5.41) is 15.2. The van der Waals surface area contributed by atoms with Gasteiger partial charge in [0.05, 0.1) is 12.1 Å². The molecule has 0 saturated carbocycles. The van der Waals surface area contributed by atoms with Crippen molar-refractivity contribution >= 4 is 17.7 Å². The van der Waals surface area contributed by atoms with Gasteiger partial charge in [0, 0.05) is 18.2 Å².